The van der Waals surface area contributed by atoms with E-state index < -0.39 is 0 Å². The van der Waals surface area contributed by atoms with Gasteiger partial charge in [-0.15, -0.1) is 0 Å². The van der Waals surface area contributed by atoms with Crippen molar-refractivity contribution in [2.24, 2.45) is 5.92 Å². The number of benzene rings is 1. The summed E-state index contributed by atoms with van der Waals surface area (Å²) in [6, 6.07) is 9.75. The highest BCUT2D eigenvalue weighted by Crippen LogP contribution is 2.25. The topological polar surface area (TPSA) is 34.0 Å². The minimum absolute atomic E-state index is 0.256. The Balaban J connectivity index is 1.85. The third-order valence-corrected chi connectivity index (χ3v) is 4.94. The molecule has 1 aliphatic heterocycles. The van der Waals surface area contributed by atoms with E-state index in [1.165, 1.54) is 6.42 Å². The van der Waals surface area contributed by atoms with Crippen LogP contribution in [0.5, 0.6) is 0 Å². The van der Waals surface area contributed by atoms with Crippen molar-refractivity contribution in [3.63, 3.8) is 0 Å². The van der Waals surface area contributed by atoms with Crippen LogP contribution >= 0.6 is 11.6 Å². The first kappa shape index (κ1) is 16.3. The van der Waals surface area contributed by atoms with Gasteiger partial charge in [-0.1, -0.05) is 11.6 Å². The minimum atomic E-state index is 0.256. The summed E-state index contributed by atoms with van der Waals surface area (Å²) in [5.74, 6) is 0.724. The molecule has 2 aromatic rings. The first-order valence-electron chi connectivity index (χ1n) is 8.25. The summed E-state index contributed by atoms with van der Waals surface area (Å²) in [5.41, 5.74) is 3.99. The summed E-state index contributed by atoms with van der Waals surface area (Å²) >= 11 is 5.97. The van der Waals surface area contributed by atoms with Gasteiger partial charge in [0.15, 0.2) is 5.78 Å². The Morgan fingerprint density at radius 3 is 2.70 bits per heavy atom. The van der Waals surface area contributed by atoms with Gasteiger partial charge in [0.25, 0.3) is 0 Å². The SMILES string of the molecule is Cc1cc(C(=O)CC2CCCNC2)c(C)n1-c1ccc(Cl)cc1. The zero-order valence-corrected chi connectivity index (χ0v) is 14.5. The molecule has 1 N–H and O–H groups in total. The van der Waals surface area contributed by atoms with E-state index >= 15 is 0 Å². The highest BCUT2D eigenvalue weighted by Gasteiger charge is 2.21. The van der Waals surface area contributed by atoms with Gasteiger partial charge < -0.3 is 9.88 Å². The van der Waals surface area contributed by atoms with Crippen LogP contribution in [0.2, 0.25) is 5.02 Å². The Bertz CT molecular complexity index is 697. The van der Waals surface area contributed by atoms with Crippen molar-refractivity contribution < 1.29 is 4.79 Å². The number of nitrogens with one attached hydrogen (secondary N) is 1. The molecule has 1 aliphatic rings. The third-order valence-electron chi connectivity index (χ3n) is 4.69. The molecule has 0 saturated carbocycles. The van der Waals surface area contributed by atoms with Crippen LogP contribution < -0.4 is 5.32 Å². The molecular weight excluding hydrogens is 308 g/mol. The second kappa shape index (κ2) is 6.90. The maximum Gasteiger partial charge on any atom is 0.165 e. The molecule has 0 aliphatic carbocycles. The highest BCUT2D eigenvalue weighted by atomic mass is 35.5. The van der Waals surface area contributed by atoms with Gasteiger partial charge in [-0.2, -0.15) is 0 Å². The van der Waals surface area contributed by atoms with E-state index in [-0.39, 0.29) is 5.78 Å². The summed E-state index contributed by atoms with van der Waals surface area (Å²) in [5, 5.41) is 4.10. The second-order valence-corrected chi connectivity index (χ2v) is 6.87. The number of hydrogen-bond acceptors (Lipinski definition) is 2. The predicted octanol–water partition coefficient (Wildman–Crippen LogP) is 4.32. The molecule has 1 aromatic heterocycles. The van der Waals surface area contributed by atoms with E-state index in [1.54, 1.807) is 0 Å². The van der Waals surface area contributed by atoms with E-state index in [9.17, 15) is 4.79 Å². The van der Waals surface area contributed by atoms with Gasteiger partial charge in [0.2, 0.25) is 0 Å². The van der Waals surface area contributed by atoms with Crippen LogP contribution in [0.15, 0.2) is 30.3 Å². The molecule has 122 valence electrons. The third kappa shape index (κ3) is 3.51. The Labute approximate surface area is 142 Å². The lowest BCUT2D eigenvalue weighted by Gasteiger charge is -2.21. The van der Waals surface area contributed by atoms with E-state index in [1.807, 2.05) is 44.2 Å². The molecule has 23 heavy (non-hydrogen) atoms. The van der Waals surface area contributed by atoms with E-state index in [0.29, 0.717) is 12.3 Å². The smallest absolute Gasteiger partial charge is 0.165 e. The highest BCUT2D eigenvalue weighted by molar-refractivity contribution is 6.30. The quantitative estimate of drug-likeness (QED) is 0.847. The van der Waals surface area contributed by atoms with Gasteiger partial charge in [-0.05, 0) is 76.0 Å². The normalized spacial score (nSPS) is 18.1. The largest absolute Gasteiger partial charge is 0.318 e. The van der Waals surface area contributed by atoms with Gasteiger partial charge in [0.05, 0.1) is 0 Å². The number of halogens is 1. The first-order chi connectivity index (χ1) is 11.1. The molecule has 1 fully saturated rings. The molecule has 3 rings (SSSR count). The number of aromatic nitrogens is 1. The standard InChI is InChI=1S/C19H23ClN2O/c1-13-10-18(19(23)11-15-4-3-9-21-12-15)14(2)22(13)17-7-5-16(20)6-8-17/h5-8,10,15,21H,3-4,9,11-12H2,1-2H3. The molecule has 1 unspecified atom stereocenters. The number of carbonyl (C=O) groups is 1. The predicted molar refractivity (Wildman–Crippen MR) is 94.8 cm³/mol. The first-order valence-corrected chi connectivity index (χ1v) is 8.63. The average Bonchev–Trinajstić information content (AvgIpc) is 2.84. The number of ketones is 1. The lowest BCUT2D eigenvalue weighted by molar-refractivity contribution is 0.0953. The Hall–Kier alpha value is -1.58. The average molecular weight is 331 g/mol. The fraction of sp³-hybridized carbons (Fsp3) is 0.421. The van der Waals surface area contributed by atoms with Crippen molar-refractivity contribution in [2.75, 3.05) is 13.1 Å². The van der Waals surface area contributed by atoms with Crippen LogP contribution in [-0.4, -0.2) is 23.4 Å². The molecule has 0 spiro atoms. The second-order valence-electron chi connectivity index (χ2n) is 6.44. The summed E-state index contributed by atoms with van der Waals surface area (Å²) in [6.45, 7) is 6.10. The van der Waals surface area contributed by atoms with Crippen molar-refractivity contribution in [2.45, 2.75) is 33.1 Å². The zero-order valence-electron chi connectivity index (χ0n) is 13.7. The maximum absolute atomic E-state index is 12.7. The van der Waals surface area contributed by atoms with Crippen molar-refractivity contribution >= 4 is 17.4 Å². The lowest BCUT2D eigenvalue weighted by atomic mass is 9.92. The molecule has 0 radical (unpaired) electrons. The van der Waals surface area contributed by atoms with E-state index in [4.69, 9.17) is 11.6 Å². The summed E-state index contributed by atoms with van der Waals surface area (Å²) < 4.78 is 2.13. The number of piperidine rings is 1. The summed E-state index contributed by atoms with van der Waals surface area (Å²) in [4.78, 5) is 12.7. The minimum Gasteiger partial charge on any atom is -0.318 e. The Morgan fingerprint density at radius 2 is 2.04 bits per heavy atom. The lowest BCUT2D eigenvalue weighted by Crippen LogP contribution is -2.31. The number of hydrogen-bond donors (Lipinski definition) is 1. The number of rotatable bonds is 4. The van der Waals surface area contributed by atoms with Crippen LogP contribution in [0.3, 0.4) is 0 Å². The van der Waals surface area contributed by atoms with Gasteiger partial charge in [0, 0.05) is 34.1 Å². The summed E-state index contributed by atoms with van der Waals surface area (Å²) in [7, 11) is 0. The van der Waals surface area contributed by atoms with Gasteiger partial charge in [0.1, 0.15) is 0 Å². The maximum atomic E-state index is 12.7. The fourth-order valence-corrected chi connectivity index (χ4v) is 3.63. The molecule has 0 bridgehead atoms. The van der Waals surface area contributed by atoms with E-state index in [2.05, 4.69) is 9.88 Å². The molecule has 0 amide bonds. The molecule has 1 aromatic carbocycles. The van der Waals surface area contributed by atoms with Crippen LogP contribution in [0, 0.1) is 19.8 Å². The fourth-order valence-electron chi connectivity index (χ4n) is 3.50. The van der Waals surface area contributed by atoms with Crippen LogP contribution in [0.25, 0.3) is 5.69 Å². The molecule has 3 nitrogen and oxygen atoms in total. The number of aryl methyl sites for hydroxylation is 1. The van der Waals surface area contributed by atoms with Crippen molar-refractivity contribution in [3.8, 4) is 5.69 Å². The molecule has 1 saturated heterocycles. The Morgan fingerprint density at radius 1 is 1.30 bits per heavy atom. The molecule has 1 atom stereocenters. The number of nitrogens with zero attached hydrogens (tertiary/aromatic N) is 1. The van der Waals surface area contributed by atoms with Crippen LogP contribution in [-0.2, 0) is 0 Å². The van der Waals surface area contributed by atoms with Gasteiger partial charge >= 0.3 is 0 Å². The molecule has 4 heteroatoms. The molecular formula is C19H23ClN2O. The zero-order chi connectivity index (χ0) is 16.4. The molecule has 2 heterocycles. The van der Waals surface area contributed by atoms with Gasteiger partial charge in [-0.3, -0.25) is 4.79 Å². The number of carbonyl (C=O) groups excluding carboxylic acids is 1. The van der Waals surface area contributed by atoms with Crippen molar-refractivity contribution in [1.29, 1.82) is 0 Å². The van der Waals surface area contributed by atoms with Gasteiger partial charge in [-0.25, -0.2) is 0 Å². The monoisotopic (exact) mass is 330 g/mol. The van der Waals surface area contributed by atoms with Crippen LogP contribution in [0.4, 0.5) is 0 Å². The van der Waals surface area contributed by atoms with Crippen LogP contribution in [0.1, 0.15) is 41.0 Å². The van der Waals surface area contributed by atoms with Crippen molar-refractivity contribution in [3.05, 3.63) is 52.3 Å². The van der Waals surface area contributed by atoms with Crippen molar-refractivity contribution in [1.82, 2.24) is 9.88 Å². The Kier molecular flexibility index (Phi) is 4.88. The van der Waals surface area contributed by atoms with E-state index in [0.717, 1.165) is 47.2 Å². The summed E-state index contributed by atoms with van der Waals surface area (Å²) in [6.07, 6.45) is 2.95. The number of Topliss-reactive ketones (excluding diaryl/α,β-unsaturated/α-hetero) is 1.